The molecule has 1 heterocycles. The number of hydrogen-bond acceptors (Lipinski definition) is 6. The molecule has 0 fully saturated rings. The van der Waals surface area contributed by atoms with Crippen molar-refractivity contribution in [3.8, 4) is 5.75 Å². The molecule has 0 aliphatic carbocycles. The number of nitrogens with one attached hydrogen (secondary N) is 1. The highest BCUT2D eigenvalue weighted by atomic mass is 32.2. The van der Waals surface area contributed by atoms with E-state index >= 15 is 0 Å². The normalized spacial score (nSPS) is 14.0. The molecule has 3 rings (SSSR count). The Morgan fingerprint density at radius 3 is 2.73 bits per heavy atom. The zero-order valence-corrected chi connectivity index (χ0v) is 12.2. The van der Waals surface area contributed by atoms with Gasteiger partial charge in [0.15, 0.2) is 0 Å². The monoisotopic (exact) mass is 320 g/mol. The number of nitrogens with two attached hydrogens (primary N) is 1. The number of nitrogen functional groups attached to an aromatic ring is 1. The Bertz CT molecular complexity index is 840. The Labute approximate surface area is 127 Å². The van der Waals surface area contributed by atoms with Crippen LogP contribution in [0.25, 0.3) is 0 Å². The summed E-state index contributed by atoms with van der Waals surface area (Å²) in [6.07, 6.45) is 0. The summed E-state index contributed by atoms with van der Waals surface area (Å²) < 4.78 is 32.0. The minimum Gasteiger partial charge on any atom is -0.506 e. The van der Waals surface area contributed by atoms with Gasteiger partial charge in [-0.3, -0.25) is 4.72 Å². The molecule has 9 heteroatoms. The van der Waals surface area contributed by atoms with Gasteiger partial charge >= 0.3 is 7.12 Å². The van der Waals surface area contributed by atoms with Crippen LogP contribution in [0, 0.1) is 0 Å². The third kappa shape index (κ3) is 2.61. The molecule has 114 valence electrons. The van der Waals surface area contributed by atoms with Gasteiger partial charge < -0.3 is 20.5 Å². The molecule has 0 aromatic heterocycles. The number of phenols is 1. The molecule has 2 aromatic rings. The SMILES string of the molecule is Nc1ccc(S(=O)(=O)Nc2ccc3c(c2)B(O)OC3)c(O)c1. The van der Waals surface area contributed by atoms with E-state index in [2.05, 4.69) is 4.72 Å². The van der Waals surface area contributed by atoms with Crippen molar-refractivity contribution in [1.29, 1.82) is 0 Å². The van der Waals surface area contributed by atoms with Gasteiger partial charge in [0, 0.05) is 17.4 Å². The fourth-order valence-corrected chi connectivity index (χ4v) is 3.38. The summed E-state index contributed by atoms with van der Waals surface area (Å²) >= 11 is 0. The van der Waals surface area contributed by atoms with Gasteiger partial charge in [0.05, 0.1) is 6.61 Å². The summed E-state index contributed by atoms with van der Waals surface area (Å²) in [5.74, 6) is -0.433. The molecule has 0 bridgehead atoms. The number of anilines is 2. The number of benzene rings is 2. The Kier molecular flexibility index (Phi) is 3.47. The van der Waals surface area contributed by atoms with Crippen LogP contribution in [0.4, 0.5) is 11.4 Å². The molecular weight excluding hydrogens is 307 g/mol. The largest absolute Gasteiger partial charge is 0.506 e. The van der Waals surface area contributed by atoms with Crippen molar-refractivity contribution in [3.05, 3.63) is 42.0 Å². The lowest BCUT2D eigenvalue weighted by molar-refractivity contribution is 0.275. The first-order valence-electron chi connectivity index (χ1n) is 6.40. The first-order valence-corrected chi connectivity index (χ1v) is 7.89. The highest BCUT2D eigenvalue weighted by Crippen LogP contribution is 2.27. The molecule has 1 aliphatic heterocycles. The molecular formula is C13H13BN2O5S. The van der Waals surface area contributed by atoms with Crippen molar-refractivity contribution in [2.45, 2.75) is 11.5 Å². The second-order valence-electron chi connectivity index (χ2n) is 4.91. The third-order valence-corrected chi connectivity index (χ3v) is 4.76. The van der Waals surface area contributed by atoms with Crippen LogP contribution < -0.4 is 15.9 Å². The highest BCUT2D eigenvalue weighted by molar-refractivity contribution is 7.92. The molecule has 0 atom stereocenters. The molecule has 0 unspecified atom stereocenters. The van der Waals surface area contributed by atoms with Gasteiger partial charge in [0.2, 0.25) is 0 Å². The Hall–Kier alpha value is -2.23. The predicted molar refractivity (Wildman–Crippen MR) is 82.2 cm³/mol. The van der Waals surface area contributed by atoms with Crippen LogP contribution >= 0.6 is 0 Å². The second kappa shape index (κ2) is 5.20. The molecule has 0 radical (unpaired) electrons. The van der Waals surface area contributed by atoms with Crippen molar-refractivity contribution < 1.29 is 23.2 Å². The van der Waals surface area contributed by atoms with Gasteiger partial charge in [-0.15, -0.1) is 0 Å². The van der Waals surface area contributed by atoms with Gasteiger partial charge in [0.1, 0.15) is 10.6 Å². The van der Waals surface area contributed by atoms with E-state index in [1.54, 1.807) is 12.1 Å². The topological polar surface area (TPSA) is 122 Å². The van der Waals surface area contributed by atoms with Gasteiger partial charge in [-0.1, -0.05) is 6.07 Å². The van der Waals surface area contributed by atoms with Gasteiger partial charge in [-0.05, 0) is 35.3 Å². The average molecular weight is 320 g/mol. The summed E-state index contributed by atoms with van der Waals surface area (Å²) in [6.45, 7) is 0.280. The standard InChI is InChI=1S/C13H13BN2O5S/c15-9-2-4-13(12(17)5-9)22(19,20)16-10-3-1-8-7-21-14(18)11(8)6-10/h1-6,16-18H,7,15H2. The van der Waals surface area contributed by atoms with Gasteiger partial charge in [-0.2, -0.15) is 0 Å². The van der Waals surface area contributed by atoms with Crippen LogP contribution in [0.15, 0.2) is 41.3 Å². The lowest BCUT2D eigenvalue weighted by atomic mass is 9.79. The van der Waals surface area contributed by atoms with Crippen LogP contribution in [0.1, 0.15) is 5.56 Å². The predicted octanol–water partition coefficient (Wildman–Crippen LogP) is -0.00710. The summed E-state index contributed by atoms with van der Waals surface area (Å²) in [6, 6.07) is 8.50. The smallest absolute Gasteiger partial charge is 0.491 e. The molecule has 0 saturated heterocycles. The molecule has 1 aliphatic rings. The second-order valence-corrected chi connectivity index (χ2v) is 6.56. The summed E-state index contributed by atoms with van der Waals surface area (Å²) in [5.41, 5.74) is 7.32. The van der Waals surface area contributed by atoms with Crippen molar-refractivity contribution >= 4 is 34.0 Å². The van der Waals surface area contributed by atoms with E-state index in [1.165, 1.54) is 18.2 Å². The summed E-state index contributed by atoms with van der Waals surface area (Å²) in [5, 5.41) is 19.4. The number of hydrogen-bond donors (Lipinski definition) is 4. The van der Waals surface area contributed by atoms with E-state index in [0.29, 0.717) is 5.46 Å². The first-order chi connectivity index (χ1) is 10.4. The zero-order chi connectivity index (χ0) is 15.9. The first kappa shape index (κ1) is 14.7. The molecule has 2 aromatic carbocycles. The average Bonchev–Trinajstić information content (AvgIpc) is 2.79. The Balaban J connectivity index is 1.93. The lowest BCUT2D eigenvalue weighted by Crippen LogP contribution is -2.28. The number of aromatic hydroxyl groups is 1. The van der Waals surface area contributed by atoms with Crippen LogP contribution in [0.3, 0.4) is 0 Å². The van der Waals surface area contributed by atoms with E-state index in [-0.39, 0.29) is 22.9 Å². The molecule has 5 N–H and O–H groups in total. The van der Waals surface area contributed by atoms with Crippen LogP contribution in [-0.4, -0.2) is 25.7 Å². The number of fused-ring (bicyclic) bond motifs is 1. The van der Waals surface area contributed by atoms with Crippen LogP contribution in [-0.2, 0) is 21.3 Å². The molecule has 7 nitrogen and oxygen atoms in total. The van der Waals surface area contributed by atoms with E-state index in [4.69, 9.17) is 10.4 Å². The maximum atomic E-state index is 12.3. The van der Waals surface area contributed by atoms with Crippen molar-refractivity contribution in [1.82, 2.24) is 0 Å². The van der Waals surface area contributed by atoms with Crippen LogP contribution in [0.5, 0.6) is 5.75 Å². The number of sulfonamides is 1. The fraction of sp³-hybridized carbons (Fsp3) is 0.0769. The lowest BCUT2D eigenvalue weighted by Gasteiger charge is -2.11. The molecule has 0 amide bonds. The maximum Gasteiger partial charge on any atom is 0.491 e. The van der Waals surface area contributed by atoms with Crippen LogP contribution in [0.2, 0.25) is 0 Å². The summed E-state index contributed by atoms with van der Waals surface area (Å²) in [7, 11) is -5.04. The number of phenolic OH excluding ortho intramolecular Hbond substituents is 1. The number of rotatable bonds is 3. The molecule has 0 spiro atoms. The Morgan fingerprint density at radius 2 is 2.00 bits per heavy atom. The fourth-order valence-electron chi connectivity index (χ4n) is 2.25. The van der Waals surface area contributed by atoms with E-state index in [9.17, 15) is 18.5 Å². The third-order valence-electron chi connectivity index (χ3n) is 3.33. The quantitative estimate of drug-likeness (QED) is 0.466. The van der Waals surface area contributed by atoms with Crippen molar-refractivity contribution in [2.75, 3.05) is 10.5 Å². The molecule has 0 saturated carbocycles. The minimum atomic E-state index is -3.97. The zero-order valence-electron chi connectivity index (χ0n) is 11.4. The van der Waals surface area contributed by atoms with Gasteiger partial charge in [0.25, 0.3) is 10.0 Å². The van der Waals surface area contributed by atoms with E-state index < -0.39 is 22.9 Å². The van der Waals surface area contributed by atoms with E-state index in [1.807, 2.05) is 0 Å². The maximum absolute atomic E-state index is 12.3. The minimum absolute atomic E-state index is 0.259. The van der Waals surface area contributed by atoms with Crippen molar-refractivity contribution in [2.24, 2.45) is 0 Å². The Morgan fingerprint density at radius 1 is 1.23 bits per heavy atom. The van der Waals surface area contributed by atoms with E-state index in [0.717, 1.165) is 11.6 Å². The van der Waals surface area contributed by atoms with Gasteiger partial charge in [-0.25, -0.2) is 8.42 Å². The summed E-state index contributed by atoms with van der Waals surface area (Å²) in [4.78, 5) is -0.279. The van der Waals surface area contributed by atoms with Crippen molar-refractivity contribution in [3.63, 3.8) is 0 Å². The highest BCUT2D eigenvalue weighted by Gasteiger charge is 2.28. The molecule has 22 heavy (non-hydrogen) atoms.